The van der Waals surface area contributed by atoms with Crippen molar-refractivity contribution in [2.75, 3.05) is 25.2 Å². The van der Waals surface area contributed by atoms with Crippen molar-refractivity contribution in [1.29, 1.82) is 0 Å². The number of nitrogens with zero attached hydrogens (tertiary/aromatic N) is 2. The fraction of sp³-hybridized carbons (Fsp3) is 0.389. The van der Waals surface area contributed by atoms with Gasteiger partial charge in [0.1, 0.15) is 5.76 Å². The molecule has 2 amide bonds. The Kier molecular flexibility index (Phi) is 4.24. The quantitative estimate of drug-likeness (QED) is 0.905. The molecule has 0 spiro atoms. The van der Waals surface area contributed by atoms with Crippen molar-refractivity contribution in [3.8, 4) is 11.5 Å². The lowest BCUT2D eigenvalue weighted by Crippen LogP contribution is -2.41. The first-order chi connectivity index (χ1) is 12.6. The van der Waals surface area contributed by atoms with Gasteiger partial charge in [0.25, 0.3) is 5.91 Å². The third-order valence-electron chi connectivity index (χ3n) is 4.65. The summed E-state index contributed by atoms with van der Waals surface area (Å²) in [6, 6.07) is 6.86. The number of benzene rings is 1. The van der Waals surface area contributed by atoms with Gasteiger partial charge in [-0.3, -0.25) is 9.59 Å². The highest BCUT2D eigenvalue weighted by Gasteiger charge is 2.29. The highest BCUT2D eigenvalue weighted by atomic mass is 16.7. The van der Waals surface area contributed by atoms with E-state index in [-0.39, 0.29) is 24.5 Å². The number of piperidine rings is 1. The molecule has 1 fully saturated rings. The largest absolute Gasteiger partial charge is 0.454 e. The summed E-state index contributed by atoms with van der Waals surface area (Å²) in [4.78, 5) is 26.8. The second kappa shape index (κ2) is 6.70. The van der Waals surface area contributed by atoms with Crippen molar-refractivity contribution in [3.05, 3.63) is 35.6 Å². The molecule has 4 rings (SSSR count). The van der Waals surface area contributed by atoms with E-state index in [0.29, 0.717) is 54.6 Å². The van der Waals surface area contributed by atoms with Crippen LogP contribution in [0.4, 0.5) is 5.82 Å². The molecule has 0 aliphatic carbocycles. The van der Waals surface area contributed by atoms with E-state index in [2.05, 4.69) is 10.5 Å². The number of rotatable bonds is 3. The number of carbonyl (C=O) groups is 2. The Morgan fingerprint density at radius 1 is 1.15 bits per heavy atom. The molecule has 0 saturated carbocycles. The van der Waals surface area contributed by atoms with E-state index in [4.69, 9.17) is 14.0 Å². The Morgan fingerprint density at radius 3 is 2.65 bits per heavy atom. The summed E-state index contributed by atoms with van der Waals surface area (Å²) in [5.41, 5.74) is 0.565. The lowest BCUT2D eigenvalue weighted by Gasteiger charge is -2.31. The van der Waals surface area contributed by atoms with E-state index in [1.165, 1.54) is 0 Å². The minimum Gasteiger partial charge on any atom is -0.454 e. The molecule has 2 aliphatic rings. The first-order valence-corrected chi connectivity index (χ1v) is 8.53. The van der Waals surface area contributed by atoms with Crippen LogP contribution in [0.3, 0.4) is 0 Å². The third kappa shape index (κ3) is 3.22. The molecule has 1 saturated heterocycles. The number of hydrogen-bond donors (Lipinski definition) is 1. The average Bonchev–Trinajstić information content (AvgIpc) is 3.29. The fourth-order valence-corrected chi connectivity index (χ4v) is 3.21. The first-order valence-electron chi connectivity index (χ1n) is 8.53. The van der Waals surface area contributed by atoms with Gasteiger partial charge in [0.15, 0.2) is 17.3 Å². The van der Waals surface area contributed by atoms with Gasteiger partial charge in [-0.15, -0.1) is 0 Å². The molecule has 0 radical (unpaired) electrons. The number of carbonyl (C=O) groups excluding carboxylic acids is 2. The van der Waals surface area contributed by atoms with Crippen LogP contribution in [0.5, 0.6) is 11.5 Å². The number of ether oxygens (including phenoxy) is 2. The molecular weight excluding hydrogens is 338 g/mol. The summed E-state index contributed by atoms with van der Waals surface area (Å²) < 4.78 is 15.5. The van der Waals surface area contributed by atoms with E-state index < -0.39 is 0 Å². The molecule has 1 aromatic carbocycles. The predicted octanol–water partition coefficient (Wildman–Crippen LogP) is 2.20. The van der Waals surface area contributed by atoms with Crippen LogP contribution in [0.15, 0.2) is 28.8 Å². The molecule has 0 bridgehead atoms. The first kappa shape index (κ1) is 16.4. The summed E-state index contributed by atoms with van der Waals surface area (Å²) >= 11 is 0. The van der Waals surface area contributed by atoms with Crippen LogP contribution >= 0.6 is 0 Å². The molecule has 8 nitrogen and oxygen atoms in total. The van der Waals surface area contributed by atoms with Gasteiger partial charge in [0.2, 0.25) is 12.7 Å². The van der Waals surface area contributed by atoms with Crippen LogP contribution in [0.25, 0.3) is 0 Å². The Bertz CT molecular complexity index is 839. The Morgan fingerprint density at radius 2 is 1.92 bits per heavy atom. The Balaban J connectivity index is 1.34. The summed E-state index contributed by atoms with van der Waals surface area (Å²) in [6.45, 7) is 3.01. The van der Waals surface area contributed by atoms with Gasteiger partial charge in [0.05, 0.1) is 0 Å². The van der Waals surface area contributed by atoms with E-state index in [1.54, 1.807) is 36.1 Å². The second-order valence-corrected chi connectivity index (χ2v) is 6.45. The maximum atomic E-state index is 12.7. The van der Waals surface area contributed by atoms with Crippen molar-refractivity contribution in [3.63, 3.8) is 0 Å². The molecule has 2 aliphatic heterocycles. The minimum absolute atomic E-state index is 0.0608. The van der Waals surface area contributed by atoms with Crippen LogP contribution in [0.1, 0.15) is 29.0 Å². The monoisotopic (exact) mass is 357 g/mol. The molecule has 2 aromatic rings. The van der Waals surface area contributed by atoms with E-state index in [1.807, 2.05) is 0 Å². The van der Waals surface area contributed by atoms with Gasteiger partial charge in [-0.1, -0.05) is 5.16 Å². The van der Waals surface area contributed by atoms with Crippen LogP contribution < -0.4 is 14.8 Å². The number of fused-ring (bicyclic) bond motifs is 1. The highest BCUT2D eigenvalue weighted by molar-refractivity contribution is 5.95. The molecular formula is C18H19N3O5. The zero-order valence-electron chi connectivity index (χ0n) is 14.4. The number of nitrogens with one attached hydrogen (secondary N) is 1. The summed E-state index contributed by atoms with van der Waals surface area (Å²) in [5.74, 6) is 2.01. The van der Waals surface area contributed by atoms with E-state index in [9.17, 15) is 9.59 Å². The van der Waals surface area contributed by atoms with Crippen molar-refractivity contribution in [1.82, 2.24) is 10.1 Å². The highest BCUT2D eigenvalue weighted by Crippen LogP contribution is 2.33. The van der Waals surface area contributed by atoms with Crippen LogP contribution in [0, 0.1) is 12.8 Å². The lowest BCUT2D eigenvalue weighted by molar-refractivity contribution is -0.121. The normalized spacial score (nSPS) is 16.6. The van der Waals surface area contributed by atoms with Gasteiger partial charge >= 0.3 is 0 Å². The number of likely N-dealkylation sites (tertiary alicyclic amines) is 1. The minimum atomic E-state index is -0.146. The standard InChI is InChI=1S/C18H19N3O5/c1-11-8-16(20-26-11)19-17(22)12-4-6-21(7-5-12)18(23)13-2-3-14-15(9-13)25-10-24-14/h2-3,8-9,12H,4-7,10H2,1H3,(H,19,20,22). The topological polar surface area (TPSA) is 93.9 Å². The summed E-state index contributed by atoms with van der Waals surface area (Å²) in [6.07, 6.45) is 1.22. The summed E-state index contributed by atoms with van der Waals surface area (Å²) in [5, 5.41) is 6.53. The maximum Gasteiger partial charge on any atom is 0.253 e. The molecule has 3 heterocycles. The van der Waals surface area contributed by atoms with Crippen molar-refractivity contribution >= 4 is 17.6 Å². The molecule has 0 unspecified atom stereocenters. The van der Waals surface area contributed by atoms with Gasteiger partial charge in [0, 0.05) is 30.6 Å². The number of anilines is 1. The third-order valence-corrected chi connectivity index (χ3v) is 4.65. The summed E-state index contributed by atoms with van der Waals surface area (Å²) in [7, 11) is 0. The Hall–Kier alpha value is -3.03. The smallest absolute Gasteiger partial charge is 0.253 e. The number of aryl methyl sites for hydroxylation is 1. The fourth-order valence-electron chi connectivity index (χ4n) is 3.21. The van der Waals surface area contributed by atoms with Crippen molar-refractivity contribution < 1.29 is 23.6 Å². The van der Waals surface area contributed by atoms with Crippen molar-refractivity contribution in [2.24, 2.45) is 5.92 Å². The van der Waals surface area contributed by atoms with Gasteiger partial charge in [-0.2, -0.15) is 0 Å². The van der Waals surface area contributed by atoms with E-state index >= 15 is 0 Å². The second-order valence-electron chi connectivity index (χ2n) is 6.45. The van der Waals surface area contributed by atoms with Gasteiger partial charge < -0.3 is 24.2 Å². The molecule has 136 valence electrons. The van der Waals surface area contributed by atoms with E-state index in [0.717, 1.165) is 0 Å². The number of amides is 2. The molecule has 0 atom stereocenters. The van der Waals surface area contributed by atoms with Crippen LogP contribution in [0.2, 0.25) is 0 Å². The number of hydrogen-bond acceptors (Lipinski definition) is 6. The predicted molar refractivity (Wildman–Crippen MR) is 91.1 cm³/mol. The lowest BCUT2D eigenvalue weighted by atomic mass is 9.95. The SMILES string of the molecule is Cc1cc(NC(=O)C2CCN(C(=O)c3ccc4c(c3)OCO4)CC2)no1. The zero-order valence-corrected chi connectivity index (χ0v) is 14.4. The van der Waals surface area contributed by atoms with Gasteiger partial charge in [-0.05, 0) is 38.0 Å². The van der Waals surface area contributed by atoms with Crippen molar-refractivity contribution in [2.45, 2.75) is 19.8 Å². The van der Waals surface area contributed by atoms with Gasteiger partial charge in [-0.25, -0.2) is 0 Å². The molecule has 1 N–H and O–H groups in total. The number of aromatic nitrogens is 1. The molecule has 1 aromatic heterocycles. The maximum absolute atomic E-state index is 12.7. The average molecular weight is 357 g/mol. The van der Waals surface area contributed by atoms with Crippen LogP contribution in [-0.4, -0.2) is 41.8 Å². The Labute approximate surface area is 150 Å². The zero-order chi connectivity index (χ0) is 18.1. The molecule has 8 heteroatoms. The van der Waals surface area contributed by atoms with Crippen LogP contribution in [-0.2, 0) is 4.79 Å². The molecule has 26 heavy (non-hydrogen) atoms.